The molecule has 0 aromatic carbocycles. The molecule has 128 valence electrons. The van der Waals surface area contributed by atoms with Gasteiger partial charge < -0.3 is 4.74 Å². The number of ether oxygens (including phenoxy) is 1. The lowest BCUT2D eigenvalue weighted by Gasteiger charge is -2.34. The summed E-state index contributed by atoms with van der Waals surface area (Å²) in [5.41, 5.74) is 2.67. The minimum atomic E-state index is 0.216. The van der Waals surface area contributed by atoms with E-state index in [4.69, 9.17) is 17.4 Å². The molecule has 0 N–H and O–H groups in total. The largest absolute Gasteiger partial charge is 0.348 e. The van der Waals surface area contributed by atoms with E-state index >= 15 is 0 Å². The third kappa shape index (κ3) is 3.75. The van der Waals surface area contributed by atoms with Gasteiger partial charge in [0.2, 0.25) is 0 Å². The SMILES string of the molecule is CCC1CC=C(/C=C2\CCC(S)N(C(C)C(C)C)C3OC23)C=N1. The number of allylic oxidation sites excluding steroid dienone is 2. The number of rotatable bonds is 4. The zero-order chi connectivity index (χ0) is 16.6. The Morgan fingerprint density at radius 3 is 2.83 bits per heavy atom. The second kappa shape index (κ2) is 7.12. The molecule has 3 nitrogen and oxygen atoms in total. The molecule has 4 heteroatoms. The number of epoxide rings is 1. The van der Waals surface area contributed by atoms with Crippen LogP contribution in [0.2, 0.25) is 0 Å². The average Bonchev–Trinajstić information content (AvgIpc) is 3.32. The van der Waals surface area contributed by atoms with Gasteiger partial charge in [0.1, 0.15) is 12.3 Å². The number of nitrogens with zero attached hydrogens (tertiary/aromatic N) is 2. The Kier molecular flexibility index (Phi) is 5.34. The molecule has 3 aliphatic rings. The molecule has 0 saturated carbocycles. The molecule has 3 heterocycles. The second-order valence-corrected chi connectivity index (χ2v) is 7.99. The van der Waals surface area contributed by atoms with E-state index < -0.39 is 0 Å². The van der Waals surface area contributed by atoms with Crippen molar-refractivity contribution in [3.05, 3.63) is 23.3 Å². The molecule has 3 aliphatic heterocycles. The molecule has 23 heavy (non-hydrogen) atoms. The summed E-state index contributed by atoms with van der Waals surface area (Å²) in [6.45, 7) is 9.04. The standard InChI is InChI=1S/C19H30N2OS/c1-5-16-8-6-14(11-20-16)10-15-7-9-17(23)21(13(4)12(2)3)19-18(15)22-19/h6,10-13,16-19,23H,5,7-9H2,1-4H3/b15-10+. The molecular weight excluding hydrogens is 304 g/mol. The fourth-order valence-electron chi connectivity index (χ4n) is 3.52. The van der Waals surface area contributed by atoms with Gasteiger partial charge in [0, 0.05) is 12.3 Å². The highest BCUT2D eigenvalue weighted by Crippen LogP contribution is 2.43. The van der Waals surface area contributed by atoms with Crippen LogP contribution in [0.15, 0.2) is 28.3 Å². The lowest BCUT2D eigenvalue weighted by molar-refractivity contribution is 0.0897. The van der Waals surface area contributed by atoms with Crippen LogP contribution in [-0.4, -0.2) is 40.9 Å². The van der Waals surface area contributed by atoms with E-state index in [1.165, 1.54) is 11.1 Å². The Morgan fingerprint density at radius 1 is 1.43 bits per heavy atom. The molecule has 2 fully saturated rings. The van der Waals surface area contributed by atoms with Gasteiger partial charge >= 0.3 is 0 Å². The van der Waals surface area contributed by atoms with Crippen molar-refractivity contribution in [3.8, 4) is 0 Å². The molecule has 3 rings (SSSR count). The van der Waals surface area contributed by atoms with Gasteiger partial charge in [-0.25, -0.2) is 0 Å². The smallest absolute Gasteiger partial charge is 0.143 e. The Labute approximate surface area is 146 Å². The third-order valence-electron chi connectivity index (χ3n) is 5.48. The first-order valence-corrected chi connectivity index (χ1v) is 9.57. The summed E-state index contributed by atoms with van der Waals surface area (Å²) in [6.07, 6.45) is 11.5. The number of dihydropyridines is 1. The third-order valence-corrected chi connectivity index (χ3v) is 6.01. The highest BCUT2D eigenvalue weighted by molar-refractivity contribution is 7.80. The summed E-state index contributed by atoms with van der Waals surface area (Å²) in [4.78, 5) is 7.10. The van der Waals surface area contributed by atoms with Gasteiger partial charge in [-0.2, -0.15) is 12.6 Å². The maximum absolute atomic E-state index is 6.05. The van der Waals surface area contributed by atoms with E-state index in [1.54, 1.807) is 0 Å². The lowest BCUT2D eigenvalue weighted by Crippen LogP contribution is -2.43. The van der Waals surface area contributed by atoms with Gasteiger partial charge in [-0.05, 0) is 49.7 Å². The molecule has 0 aliphatic carbocycles. The molecule has 0 aromatic rings. The lowest BCUT2D eigenvalue weighted by atomic mass is 10.0. The fraction of sp³-hybridized carbons (Fsp3) is 0.737. The van der Waals surface area contributed by atoms with E-state index in [0.29, 0.717) is 18.0 Å². The summed E-state index contributed by atoms with van der Waals surface area (Å²) >= 11 is 4.85. The maximum Gasteiger partial charge on any atom is 0.143 e. The van der Waals surface area contributed by atoms with E-state index in [-0.39, 0.29) is 17.7 Å². The number of thiol groups is 1. The molecule has 0 spiro atoms. The van der Waals surface area contributed by atoms with Gasteiger partial charge in [0.25, 0.3) is 0 Å². The van der Waals surface area contributed by atoms with Gasteiger partial charge in [-0.1, -0.05) is 32.9 Å². The van der Waals surface area contributed by atoms with Gasteiger partial charge in [0.05, 0.1) is 11.4 Å². The minimum Gasteiger partial charge on any atom is -0.348 e. The zero-order valence-electron chi connectivity index (χ0n) is 14.8. The summed E-state index contributed by atoms with van der Waals surface area (Å²) in [7, 11) is 0. The molecule has 0 aromatic heterocycles. The number of likely N-dealkylation sites (tertiary alicyclic amines) is 1. The van der Waals surface area contributed by atoms with Crippen LogP contribution < -0.4 is 0 Å². The van der Waals surface area contributed by atoms with Crippen molar-refractivity contribution in [1.29, 1.82) is 0 Å². The highest BCUT2D eigenvalue weighted by Gasteiger charge is 2.51. The van der Waals surface area contributed by atoms with Crippen LogP contribution in [0.25, 0.3) is 0 Å². The Balaban J connectivity index is 1.72. The van der Waals surface area contributed by atoms with Crippen molar-refractivity contribution in [2.75, 3.05) is 0 Å². The van der Waals surface area contributed by atoms with Gasteiger partial charge in [-0.3, -0.25) is 9.89 Å². The number of hydrogen-bond donors (Lipinski definition) is 1. The number of aliphatic imine (C=N–C) groups is 1. The first-order chi connectivity index (χ1) is 11.0. The summed E-state index contributed by atoms with van der Waals surface area (Å²) in [5.74, 6) is 0.610. The molecule has 0 bridgehead atoms. The van der Waals surface area contributed by atoms with E-state index in [1.807, 2.05) is 6.21 Å². The summed E-state index contributed by atoms with van der Waals surface area (Å²) in [6, 6.07) is 0.966. The molecule has 0 amide bonds. The van der Waals surface area contributed by atoms with E-state index in [9.17, 15) is 0 Å². The van der Waals surface area contributed by atoms with Crippen molar-refractivity contribution in [2.24, 2.45) is 10.9 Å². The van der Waals surface area contributed by atoms with Crippen LogP contribution in [0.4, 0.5) is 0 Å². The van der Waals surface area contributed by atoms with Crippen LogP contribution in [-0.2, 0) is 4.74 Å². The average molecular weight is 335 g/mol. The molecule has 0 radical (unpaired) electrons. The predicted molar refractivity (Wildman–Crippen MR) is 100 cm³/mol. The maximum atomic E-state index is 6.05. The molecular formula is C19H30N2OS. The molecule has 2 saturated heterocycles. The minimum absolute atomic E-state index is 0.216. The van der Waals surface area contributed by atoms with Crippen molar-refractivity contribution in [2.45, 2.75) is 83.2 Å². The van der Waals surface area contributed by atoms with Gasteiger partial charge in [-0.15, -0.1) is 0 Å². The Morgan fingerprint density at radius 2 is 2.22 bits per heavy atom. The topological polar surface area (TPSA) is 28.1 Å². The van der Waals surface area contributed by atoms with Crippen molar-refractivity contribution in [3.63, 3.8) is 0 Å². The zero-order valence-corrected chi connectivity index (χ0v) is 15.7. The van der Waals surface area contributed by atoms with E-state index in [2.05, 4.69) is 49.7 Å². The first kappa shape index (κ1) is 17.2. The highest BCUT2D eigenvalue weighted by atomic mass is 32.1. The first-order valence-electron chi connectivity index (χ1n) is 9.06. The monoisotopic (exact) mass is 334 g/mol. The predicted octanol–water partition coefficient (Wildman–Crippen LogP) is 4.21. The van der Waals surface area contributed by atoms with Gasteiger partial charge in [0.15, 0.2) is 0 Å². The quantitative estimate of drug-likeness (QED) is 0.616. The summed E-state index contributed by atoms with van der Waals surface area (Å²) < 4.78 is 6.05. The van der Waals surface area contributed by atoms with Crippen LogP contribution in [0.3, 0.4) is 0 Å². The van der Waals surface area contributed by atoms with Crippen LogP contribution in [0, 0.1) is 5.92 Å². The molecule has 5 unspecified atom stereocenters. The van der Waals surface area contributed by atoms with Crippen LogP contribution >= 0.6 is 12.6 Å². The Hall–Kier alpha value is -0.580. The second-order valence-electron chi connectivity index (χ2n) is 7.40. The van der Waals surface area contributed by atoms with Crippen molar-refractivity contribution in [1.82, 2.24) is 4.90 Å². The number of fused-ring (bicyclic) bond motifs is 1. The van der Waals surface area contributed by atoms with Crippen LogP contribution in [0.1, 0.15) is 53.4 Å². The summed E-state index contributed by atoms with van der Waals surface area (Å²) in [5, 5.41) is 0.284. The molecule has 5 atom stereocenters. The number of hydrogen-bond acceptors (Lipinski definition) is 4. The fourth-order valence-corrected chi connectivity index (χ4v) is 3.99. The van der Waals surface area contributed by atoms with Crippen molar-refractivity contribution >= 4 is 18.8 Å². The Bertz CT molecular complexity index is 525. The normalized spacial score (nSPS) is 37.5. The van der Waals surface area contributed by atoms with Crippen molar-refractivity contribution < 1.29 is 4.74 Å². The van der Waals surface area contributed by atoms with Crippen LogP contribution in [0.5, 0.6) is 0 Å². The van der Waals surface area contributed by atoms with E-state index in [0.717, 1.165) is 25.7 Å².